The van der Waals surface area contributed by atoms with E-state index in [2.05, 4.69) is 0 Å². The first-order valence-electron chi connectivity index (χ1n) is 4.45. The van der Waals surface area contributed by atoms with Gasteiger partial charge in [0.2, 0.25) is 0 Å². The van der Waals surface area contributed by atoms with Gasteiger partial charge >= 0.3 is 45.8 Å². The van der Waals surface area contributed by atoms with E-state index in [1.807, 2.05) is 4.72 Å². The summed E-state index contributed by atoms with van der Waals surface area (Å²) in [5.41, 5.74) is 0.295. The van der Waals surface area contributed by atoms with Gasteiger partial charge in [-0.05, 0) is 25.1 Å². The number of anilines is 1. The van der Waals surface area contributed by atoms with Crippen molar-refractivity contribution in [2.75, 3.05) is 11.3 Å². The predicted octanol–water partition coefficient (Wildman–Crippen LogP) is -1.81. The first kappa shape index (κ1) is 16.4. The third-order valence-electron chi connectivity index (χ3n) is 1.62. The Morgan fingerprint density at radius 2 is 2.18 bits per heavy atom. The minimum atomic E-state index is -4.33. The van der Waals surface area contributed by atoms with Gasteiger partial charge in [-0.2, -0.15) is 8.42 Å². The molecule has 0 saturated carbocycles. The van der Waals surface area contributed by atoms with Crippen molar-refractivity contribution >= 4 is 22.0 Å². The van der Waals surface area contributed by atoms with E-state index in [9.17, 15) is 13.2 Å². The Morgan fingerprint density at radius 1 is 1.53 bits per heavy atom. The average molecular weight is 269 g/mol. The molecule has 0 amide bonds. The second kappa shape index (κ2) is 6.97. The maximum atomic E-state index is 11.3. The van der Waals surface area contributed by atoms with Crippen LogP contribution >= 0.6 is 0 Å². The molecule has 17 heavy (non-hydrogen) atoms. The van der Waals surface area contributed by atoms with E-state index < -0.39 is 16.3 Å². The summed E-state index contributed by atoms with van der Waals surface area (Å²) in [7, 11) is -4.33. The maximum absolute atomic E-state index is 11.3. The number of carbonyl (C=O) groups is 1. The van der Waals surface area contributed by atoms with E-state index in [0.717, 1.165) is 0 Å². The van der Waals surface area contributed by atoms with Crippen molar-refractivity contribution < 1.29 is 53.5 Å². The number of ether oxygens (including phenoxy) is 1. The van der Waals surface area contributed by atoms with Crippen molar-refractivity contribution in [2.45, 2.75) is 6.92 Å². The fourth-order valence-corrected chi connectivity index (χ4v) is 1.50. The van der Waals surface area contributed by atoms with Crippen LogP contribution in [0.25, 0.3) is 0 Å². The Morgan fingerprint density at radius 3 is 2.71 bits per heavy atom. The minimum absolute atomic E-state index is 0. The van der Waals surface area contributed by atoms with Gasteiger partial charge in [0.15, 0.2) is 0 Å². The SMILES string of the molecule is CCOC(=O)c1cccc(NS(=O)(=O)O)c1.[H-].[Na+]. The topological polar surface area (TPSA) is 92.7 Å². The van der Waals surface area contributed by atoms with E-state index in [-0.39, 0.29) is 48.8 Å². The zero-order valence-electron chi connectivity index (χ0n) is 10.5. The summed E-state index contributed by atoms with van der Waals surface area (Å²) in [4.78, 5) is 11.3. The molecule has 0 unspecified atom stereocenters. The second-order valence-corrected chi connectivity index (χ2v) is 4.03. The van der Waals surface area contributed by atoms with Crippen LogP contribution in [0.1, 0.15) is 18.7 Å². The number of nitrogens with one attached hydrogen (secondary N) is 1. The standard InChI is InChI=1S/C9H11NO5S.Na.H/c1-2-15-9(11)7-4-3-5-8(6-7)10-16(12,13)14;;/h3-6,10H,2H2,1H3,(H,12,13,14);;/q;+1;-1. The summed E-state index contributed by atoms with van der Waals surface area (Å²) in [6.07, 6.45) is 0. The van der Waals surface area contributed by atoms with Gasteiger partial charge in [0, 0.05) is 0 Å². The Bertz CT molecular complexity index is 493. The fraction of sp³-hybridized carbons (Fsp3) is 0.222. The minimum Gasteiger partial charge on any atom is -1.00 e. The normalized spacial score (nSPS) is 10.2. The van der Waals surface area contributed by atoms with Gasteiger partial charge in [-0.15, -0.1) is 0 Å². The third-order valence-corrected chi connectivity index (χ3v) is 2.11. The van der Waals surface area contributed by atoms with Gasteiger partial charge in [-0.1, -0.05) is 6.07 Å². The molecular formula is C9H12NNaO5S. The molecule has 90 valence electrons. The van der Waals surface area contributed by atoms with Crippen molar-refractivity contribution in [1.82, 2.24) is 0 Å². The van der Waals surface area contributed by atoms with Crippen molar-refractivity contribution in [1.29, 1.82) is 0 Å². The Labute approximate surface area is 123 Å². The molecule has 0 heterocycles. The van der Waals surface area contributed by atoms with E-state index in [4.69, 9.17) is 9.29 Å². The summed E-state index contributed by atoms with van der Waals surface area (Å²) >= 11 is 0. The van der Waals surface area contributed by atoms with Gasteiger partial charge in [0.1, 0.15) is 0 Å². The van der Waals surface area contributed by atoms with Crippen LogP contribution in [0, 0.1) is 0 Å². The zero-order valence-corrected chi connectivity index (χ0v) is 12.3. The number of hydrogen-bond acceptors (Lipinski definition) is 4. The van der Waals surface area contributed by atoms with Gasteiger partial charge in [-0.3, -0.25) is 9.27 Å². The molecule has 0 spiro atoms. The van der Waals surface area contributed by atoms with Crippen LogP contribution in [0.15, 0.2) is 24.3 Å². The summed E-state index contributed by atoms with van der Waals surface area (Å²) in [6, 6.07) is 5.62. The molecule has 0 saturated heterocycles. The summed E-state index contributed by atoms with van der Waals surface area (Å²) in [6.45, 7) is 1.90. The van der Waals surface area contributed by atoms with Crippen LogP contribution in [-0.2, 0) is 15.0 Å². The van der Waals surface area contributed by atoms with Crippen molar-refractivity contribution in [2.24, 2.45) is 0 Å². The van der Waals surface area contributed by atoms with Crippen molar-refractivity contribution in [3.63, 3.8) is 0 Å². The van der Waals surface area contributed by atoms with Crippen LogP contribution in [0.2, 0.25) is 0 Å². The molecule has 2 N–H and O–H groups in total. The second-order valence-electron chi connectivity index (χ2n) is 2.88. The largest absolute Gasteiger partial charge is 1.00 e. The molecule has 0 aliphatic heterocycles. The van der Waals surface area contributed by atoms with Crippen LogP contribution in [0.5, 0.6) is 0 Å². The summed E-state index contributed by atoms with van der Waals surface area (Å²) in [5.74, 6) is -0.554. The first-order valence-corrected chi connectivity index (χ1v) is 5.89. The Hall–Kier alpha value is -0.600. The Balaban J connectivity index is 0. The van der Waals surface area contributed by atoms with Gasteiger partial charge in [0.05, 0.1) is 17.9 Å². The number of carbonyl (C=O) groups excluding carboxylic acids is 1. The van der Waals surface area contributed by atoms with E-state index in [1.54, 1.807) is 6.92 Å². The van der Waals surface area contributed by atoms with E-state index in [1.165, 1.54) is 24.3 Å². The molecule has 1 rings (SSSR count). The molecule has 0 aliphatic rings. The molecule has 0 atom stereocenters. The maximum Gasteiger partial charge on any atom is 1.00 e. The average Bonchev–Trinajstić information content (AvgIpc) is 2.16. The molecule has 8 heteroatoms. The molecule has 0 fully saturated rings. The monoisotopic (exact) mass is 269 g/mol. The molecule has 1 aromatic carbocycles. The first-order chi connectivity index (χ1) is 7.42. The number of esters is 1. The molecule has 0 aromatic heterocycles. The molecule has 0 radical (unpaired) electrons. The van der Waals surface area contributed by atoms with Crippen LogP contribution in [0.3, 0.4) is 0 Å². The summed E-state index contributed by atoms with van der Waals surface area (Å²) < 4.78 is 36.2. The van der Waals surface area contributed by atoms with Crippen molar-refractivity contribution in [3.05, 3.63) is 29.8 Å². The number of benzene rings is 1. The summed E-state index contributed by atoms with van der Waals surface area (Å²) in [5, 5.41) is 0. The molecular weight excluding hydrogens is 257 g/mol. The number of hydrogen-bond donors (Lipinski definition) is 2. The smallest absolute Gasteiger partial charge is 1.00 e. The molecule has 6 nitrogen and oxygen atoms in total. The van der Waals surface area contributed by atoms with E-state index >= 15 is 0 Å². The van der Waals surface area contributed by atoms with Crippen LogP contribution in [0.4, 0.5) is 5.69 Å². The Kier molecular flexibility index (Phi) is 6.73. The zero-order chi connectivity index (χ0) is 12.2. The predicted molar refractivity (Wildman–Crippen MR) is 58.7 cm³/mol. The van der Waals surface area contributed by atoms with Crippen LogP contribution < -0.4 is 34.3 Å². The third kappa shape index (κ3) is 6.04. The molecule has 1 aromatic rings. The van der Waals surface area contributed by atoms with Crippen LogP contribution in [-0.4, -0.2) is 25.5 Å². The van der Waals surface area contributed by atoms with Gasteiger partial charge in [-0.25, -0.2) is 4.79 Å². The molecule has 0 aliphatic carbocycles. The number of rotatable bonds is 4. The molecule has 0 bridgehead atoms. The van der Waals surface area contributed by atoms with Gasteiger partial charge < -0.3 is 6.16 Å². The fourth-order valence-electron chi connectivity index (χ4n) is 1.07. The van der Waals surface area contributed by atoms with E-state index in [0.29, 0.717) is 0 Å². The quantitative estimate of drug-likeness (QED) is 0.382. The van der Waals surface area contributed by atoms with Gasteiger partial charge in [0.25, 0.3) is 0 Å². The van der Waals surface area contributed by atoms with Crippen molar-refractivity contribution in [3.8, 4) is 0 Å².